The fraction of sp³-hybridized carbons (Fsp3) is 0.545. The molecule has 1 N–H and O–H groups in total. The summed E-state index contributed by atoms with van der Waals surface area (Å²) in [5, 5.41) is 4.03. The van der Waals surface area contributed by atoms with E-state index in [2.05, 4.69) is 29.5 Å². The summed E-state index contributed by atoms with van der Waals surface area (Å²) >= 11 is 1.90. The summed E-state index contributed by atoms with van der Waals surface area (Å²) in [6.07, 6.45) is 5.21. The first-order chi connectivity index (χ1) is 6.72. The second-order valence-electron chi connectivity index (χ2n) is 3.48. The Morgan fingerprint density at radius 2 is 2.29 bits per heavy atom. The summed E-state index contributed by atoms with van der Waals surface area (Å²) in [7, 11) is 0. The van der Waals surface area contributed by atoms with E-state index in [-0.39, 0.29) is 0 Å². The highest BCUT2D eigenvalue weighted by Gasteiger charge is 1.98. The van der Waals surface area contributed by atoms with Crippen LogP contribution in [0.3, 0.4) is 0 Å². The van der Waals surface area contributed by atoms with Crippen molar-refractivity contribution in [2.75, 3.05) is 18.1 Å². The van der Waals surface area contributed by atoms with E-state index in [9.17, 15) is 0 Å². The van der Waals surface area contributed by atoms with Gasteiger partial charge in [-0.15, -0.1) is 0 Å². The summed E-state index contributed by atoms with van der Waals surface area (Å²) in [5.74, 6) is 0.976. The van der Waals surface area contributed by atoms with Crippen LogP contribution in [0.1, 0.15) is 18.9 Å². The molecule has 0 saturated carbocycles. The van der Waals surface area contributed by atoms with Crippen molar-refractivity contribution in [2.45, 2.75) is 25.5 Å². The summed E-state index contributed by atoms with van der Waals surface area (Å²) in [6, 6.07) is 4.10. The Hall–Kier alpha value is -0.700. The Morgan fingerprint density at radius 1 is 1.50 bits per heavy atom. The van der Waals surface area contributed by atoms with Crippen molar-refractivity contribution in [3.63, 3.8) is 0 Å². The van der Waals surface area contributed by atoms with Gasteiger partial charge in [0.05, 0.1) is 0 Å². The molecule has 0 aliphatic carbocycles. The molecule has 3 heteroatoms. The van der Waals surface area contributed by atoms with Crippen molar-refractivity contribution in [1.82, 2.24) is 4.98 Å². The molecule has 2 nitrogen and oxygen atoms in total. The fourth-order valence-corrected chi connectivity index (χ4v) is 1.45. The molecule has 14 heavy (non-hydrogen) atoms. The van der Waals surface area contributed by atoms with E-state index >= 15 is 0 Å². The quantitative estimate of drug-likeness (QED) is 0.809. The van der Waals surface area contributed by atoms with E-state index in [1.54, 1.807) is 0 Å². The standard InChI is InChI=1S/C11H18N2S/c1-9-4-5-11(13-8-9)12-7-6-10(2)14-3/h4-5,8,10H,6-7H2,1-3H3,(H,12,13). The van der Waals surface area contributed by atoms with E-state index in [0.29, 0.717) is 5.25 Å². The predicted octanol–water partition coefficient (Wildman–Crippen LogP) is 2.94. The fourth-order valence-electron chi connectivity index (χ4n) is 1.09. The molecule has 0 aliphatic heterocycles. The molecule has 0 radical (unpaired) electrons. The van der Waals surface area contributed by atoms with Crippen molar-refractivity contribution in [1.29, 1.82) is 0 Å². The third kappa shape index (κ3) is 4.01. The van der Waals surface area contributed by atoms with Crippen LogP contribution in [0.25, 0.3) is 0 Å². The monoisotopic (exact) mass is 210 g/mol. The van der Waals surface area contributed by atoms with Crippen LogP contribution in [0.5, 0.6) is 0 Å². The number of aryl methyl sites for hydroxylation is 1. The van der Waals surface area contributed by atoms with Gasteiger partial charge in [-0.25, -0.2) is 4.98 Å². The van der Waals surface area contributed by atoms with Crippen LogP contribution < -0.4 is 5.32 Å². The average Bonchev–Trinajstić information content (AvgIpc) is 2.21. The normalized spacial score (nSPS) is 12.5. The van der Waals surface area contributed by atoms with Gasteiger partial charge >= 0.3 is 0 Å². The number of pyridine rings is 1. The second kappa shape index (κ2) is 5.91. The highest BCUT2D eigenvalue weighted by atomic mass is 32.2. The summed E-state index contributed by atoms with van der Waals surface area (Å²) in [4.78, 5) is 4.28. The number of anilines is 1. The second-order valence-corrected chi connectivity index (χ2v) is 4.76. The van der Waals surface area contributed by atoms with Gasteiger partial charge in [-0.2, -0.15) is 11.8 Å². The van der Waals surface area contributed by atoms with Gasteiger partial charge in [-0.05, 0) is 31.2 Å². The molecule has 0 amide bonds. The molecule has 0 fully saturated rings. The van der Waals surface area contributed by atoms with Gasteiger partial charge in [0.2, 0.25) is 0 Å². The van der Waals surface area contributed by atoms with Crippen LogP contribution >= 0.6 is 11.8 Å². The van der Waals surface area contributed by atoms with Crippen LogP contribution in [0, 0.1) is 6.92 Å². The molecule has 78 valence electrons. The van der Waals surface area contributed by atoms with E-state index in [1.165, 1.54) is 12.0 Å². The molecule has 1 atom stereocenters. The van der Waals surface area contributed by atoms with Crippen molar-refractivity contribution < 1.29 is 0 Å². The molecule has 1 aromatic heterocycles. The molecule has 0 spiro atoms. The van der Waals surface area contributed by atoms with Gasteiger partial charge in [0, 0.05) is 18.0 Å². The molecular weight excluding hydrogens is 192 g/mol. The van der Waals surface area contributed by atoms with Crippen LogP contribution in [0.2, 0.25) is 0 Å². The molecule has 0 aliphatic rings. The van der Waals surface area contributed by atoms with Crippen molar-refractivity contribution >= 4 is 17.6 Å². The number of aromatic nitrogens is 1. The minimum atomic E-state index is 0.716. The maximum atomic E-state index is 4.28. The van der Waals surface area contributed by atoms with E-state index < -0.39 is 0 Å². The SMILES string of the molecule is CSC(C)CCNc1ccc(C)cn1. The third-order valence-corrected chi connectivity index (χ3v) is 3.21. The summed E-state index contributed by atoms with van der Waals surface area (Å²) < 4.78 is 0. The van der Waals surface area contributed by atoms with Gasteiger partial charge in [0.15, 0.2) is 0 Å². The smallest absolute Gasteiger partial charge is 0.125 e. The molecular formula is C11H18N2S. The van der Waals surface area contributed by atoms with Gasteiger partial charge in [-0.1, -0.05) is 13.0 Å². The lowest BCUT2D eigenvalue weighted by atomic mass is 10.3. The zero-order valence-electron chi connectivity index (χ0n) is 9.08. The van der Waals surface area contributed by atoms with E-state index in [1.807, 2.05) is 30.9 Å². The number of nitrogens with one attached hydrogen (secondary N) is 1. The lowest BCUT2D eigenvalue weighted by molar-refractivity contribution is 0.850. The van der Waals surface area contributed by atoms with E-state index in [0.717, 1.165) is 12.4 Å². The lowest BCUT2D eigenvalue weighted by Gasteiger charge is -2.09. The first-order valence-electron chi connectivity index (χ1n) is 4.91. The first-order valence-corrected chi connectivity index (χ1v) is 6.20. The molecule has 1 rings (SSSR count). The van der Waals surface area contributed by atoms with Crippen molar-refractivity contribution in [3.05, 3.63) is 23.9 Å². The number of thioether (sulfide) groups is 1. The minimum Gasteiger partial charge on any atom is -0.370 e. The first kappa shape index (κ1) is 11.4. The molecule has 0 saturated heterocycles. The number of rotatable bonds is 5. The molecule has 1 heterocycles. The highest BCUT2D eigenvalue weighted by Crippen LogP contribution is 2.10. The largest absolute Gasteiger partial charge is 0.370 e. The van der Waals surface area contributed by atoms with Crippen molar-refractivity contribution in [3.8, 4) is 0 Å². The Balaban J connectivity index is 2.28. The maximum Gasteiger partial charge on any atom is 0.125 e. The summed E-state index contributed by atoms with van der Waals surface area (Å²) in [5.41, 5.74) is 1.20. The summed E-state index contributed by atoms with van der Waals surface area (Å²) in [6.45, 7) is 5.29. The number of hydrogen-bond acceptors (Lipinski definition) is 3. The van der Waals surface area contributed by atoms with Gasteiger partial charge in [-0.3, -0.25) is 0 Å². The van der Waals surface area contributed by atoms with Crippen molar-refractivity contribution in [2.24, 2.45) is 0 Å². The topological polar surface area (TPSA) is 24.9 Å². The Morgan fingerprint density at radius 3 is 2.86 bits per heavy atom. The number of hydrogen-bond donors (Lipinski definition) is 1. The maximum absolute atomic E-state index is 4.28. The van der Waals surface area contributed by atoms with Crippen LogP contribution in [0.4, 0.5) is 5.82 Å². The van der Waals surface area contributed by atoms with Gasteiger partial charge in [0.1, 0.15) is 5.82 Å². The van der Waals surface area contributed by atoms with Crippen LogP contribution in [0.15, 0.2) is 18.3 Å². The predicted molar refractivity (Wildman–Crippen MR) is 65.1 cm³/mol. The van der Waals surface area contributed by atoms with Crippen LogP contribution in [-0.2, 0) is 0 Å². The average molecular weight is 210 g/mol. The number of nitrogens with zero attached hydrogens (tertiary/aromatic N) is 1. The zero-order valence-corrected chi connectivity index (χ0v) is 9.90. The van der Waals surface area contributed by atoms with Crippen LogP contribution in [-0.4, -0.2) is 23.0 Å². The zero-order chi connectivity index (χ0) is 10.4. The van der Waals surface area contributed by atoms with E-state index in [4.69, 9.17) is 0 Å². The molecule has 0 aromatic carbocycles. The lowest BCUT2D eigenvalue weighted by Crippen LogP contribution is -2.08. The van der Waals surface area contributed by atoms with Gasteiger partial charge < -0.3 is 5.32 Å². The third-order valence-electron chi connectivity index (χ3n) is 2.17. The molecule has 1 aromatic rings. The molecule has 0 bridgehead atoms. The molecule has 1 unspecified atom stereocenters. The van der Waals surface area contributed by atoms with Gasteiger partial charge in [0.25, 0.3) is 0 Å². The highest BCUT2D eigenvalue weighted by molar-refractivity contribution is 7.99. The Labute approximate surface area is 90.5 Å². The minimum absolute atomic E-state index is 0.716. The Kier molecular flexibility index (Phi) is 4.80. The Bertz CT molecular complexity index is 258.